The second-order valence-electron chi connectivity index (χ2n) is 4.81. The van der Waals surface area contributed by atoms with Crippen LogP contribution in [0.1, 0.15) is 0 Å². The summed E-state index contributed by atoms with van der Waals surface area (Å²) in [4.78, 5) is 12.1. The van der Waals surface area contributed by atoms with E-state index in [-0.39, 0.29) is 11.7 Å². The van der Waals surface area contributed by atoms with Gasteiger partial charge in [0.2, 0.25) is 5.91 Å². The zero-order valence-corrected chi connectivity index (χ0v) is 16.0. The van der Waals surface area contributed by atoms with E-state index < -0.39 is 0 Å². The monoisotopic (exact) mass is 470 g/mol. The van der Waals surface area contributed by atoms with Gasteiger partial charge in [0, 0.05) is 14.3 Å². The average Bonchev–Trinajstić information content (AvgIpc) is 3.01. The van der Waals surface area contributed by atoms with Gasteiger partial charge in [0.05, 0.1) is 11.4 Å². The Bertz CT molecular complexity index is 871. The Kier molecular flexibility index (Phi) is 5.75. The van der Waals surface area contributed by atoms with Crippen LogP contribution in [-0.4, -0.2) is 26.4 Å². The van der Waals surface area contributed by atoms with E-state index >= 15 is 0 Å². The van der Waals surface area contributed by atoms with E-state index in [0.29, 0.717) is 10.2 Å². The fourth-order valence-electron chi connectivity index (χ4n) is 2.02. The van der Waals surface area contributed by atoms with Gasteiger partial charge in [-0.3, -0.25) is 9.36 Å². The van der Waals surface area contributed by atoms with Crippen LogP contribution in [0.2, 0.25) is 5.02 Å². The van der Waals surface area contributed by atoms with Crippen LogP contribution in [0.4, 0.5) is 5.69 Å². The maximum atomic E-state index is 12.1. The summed E-state index contributed by atoms with van der Waals surface area (Å²) in [6.45, 7) is 0. The maximum absolute atomic E-state index is 12.1. The molecule has 1 amide bonds. The molecule has 2 aromatic carbocycles. The zero-order chi connectivity index (χ0) is 16.9. The van der Waals surface area contributed by atoms with Crippen LogP contribution in [0.15, 0.2) is 60.0 Å². The SMILES string of the molecule is O=C(CSc1nncn1-c1cccc(Cl)c1)Nc1cccc(I)c1. The van der Waals surface area contributed by atoms with Gasteiger partial charge < -0.3 is 5.32 Å². The number of carbonyl (C=O) groups is 1. The normalized spacial score (nSPS) is 10.6. The van der Waals surface area contributed by atoms with Crippen LogP contribution in [0.5, 0.6) is 0 Å². The van der Waals surface area contributed by atoms with Crippen molar-refractivity contribution in [3.8, 4) is 5.69 Å². The molecule has 0 saturated heterocycles. The van der Waals surface area contributed by atoms with Crippen LogP contribution in [0, 0.1) is 3.57 Å². The van der Waals surface area contributed by atoms with Crippen LogP contribution in [0.3, 0.4) is 0 Å². The summed E-state index contributed by atoms with van der Waals surface area (Å²) < 4.78 is 2.87. The Morgan fingerprint density at radius 2 is 2.08 bits per heavy atom. The molecule has 3 rings (SSSR count). The number of rotatable bonds is 5. The minimum absolute atomic E-state index is 0.0948. The molecule has 0 unspecified atom stereocenters. The number of benzene rings is 2. The third-order valence-corrected chi connectivity index (χ3v) is 4.89. The van der Waals surface area contributed by atoms with Crippen LogP contribution in [-0.2, 0) is 4.79 Å². The number of amides is 1. The lowest BCUT2D eigenvalue weighted by molar-refractivity contribution is -0.113. The molecule has 0 bridgehead atoms. The fourth-order valence-corrected chi connectivity index (χ4v) is 3.48. The molecule has 5 nitrogen and oxygen atoms in total. The molecule has 8 heteroatoms. The standard InChI is InChI=1S/C16H12ClIN4OS/c17-11-3-1-6-14(7-11)22-10-19-21-16(22)24-9-15(23)20-13-5-2-4-12(18)8-13/h1-8,10H,9H2,(H,20,23). The van der Waals surface area contributed by atoms with Gasteiger partial charge in [0.1, 0.15) is 6.33 Å². The molecule has 0 atom stereocenters. The lowest BCUT2D eigenvalue weighted by atomic mass is 10.3. The molecule has 122 valence electrons. The lowest BCUT2D eigenvalue weighted by Crippen LogP contribution is -2.14. The molecule has 1 aromatic heterocycles. The number of hydrogen-bond donors (Lipinski definition) is 1. The first kappa shape index (κ1) is 17.2. The minimum atomic E-state index is -0.0948. The fraction of sp³-hybridized carbons (Fsp3) is 0.0625. The van der Waals surface area contributed by atoms with E-state index in [4.69, 9.17) is 11.6 Å². The van der Waals surface area contributed by atoms with Gasteiger partial charge in [0.25, 0.3) is 0 Å². The first-order chi connectivity index (χ1) is 11.6. The first-order valence-corrected chi connectivity index (χ1v) is 9.40. The minimum Gasteiger partial charge on any atom is -0.325 e. The largest absolute Gasteiger partial charge is 0.325 e. The Morgan fingerprint density at radius 3 is 2.88 bits per heavy atom. The molecule has 3 aromatic rings. The van der Waals surface area contributed by atoms with Gasteiger partial charge in [-0.1, -0.05) is 35.5 Å². The molecule has 0 aliphatic rings. The number of nitrogens with zero attached hydrogens (tertiary/aromatic N) is 3. The maximum Gasteiger partial charge on any atom is 0.234 e. The third kappa shape index (κ3) is 4.49. The van der Waals surface area contributed by atoms with Crippen molar-refractivity contribution in [2.24, 2.45) is 0 Å². The number of halogens is 2. The molecule has 24 heavy (non-hydrogen) atoms. The van der Waals surface area contributed by atoms with Crippen molar-refractivity contribution in [1.29, 1.82) is 0 Å². The van der Waals surface area contributed by atoms with Gasteiger partial charge in [-0.05, 0) is 59.0 Å². The van der Waals surface area contributed by atoms with E-state index in [1.165, 1.54) is 11.8 Å². The topological polar surface area (TPSA) is 59.8 Å². The number of aromatic nitrogens is 3. The van der Waals surface area contributed by atoms with Crippen molar-refractivity contribution >= 4 is 57.5 Å². The van der Waals surface area contributed by atoms with E-state index in [0.717, 1.165) is 14.9 Å². The summed E-state index contributed by atoms with van der Waals surface area (Å²) in [5.74, 6) is 0.146. The molecule has 0 fully saturated rings. The van der Waals surface area contributed by atoms with Gasteiger partial charge in [-0.15, -0.1) is 10.2 Å². The van der Waals surface area contributed by atoms with E-state index in [1.807, 2.05) is 42.5 Å². The van der Waals surface area contributed by atoms with Crippen LogP contribution < -0.4 is 5.32 Å². The lowest BCUT2D eigenvalue weighted by Gasteiger charge is -2.07. The Morgan fingerprint density at radius 1 is 1.25 bits per heavy atom. The summed E-state index contributed by atoms with van der Waals surface area (Å²) in [6, 6.07) is 15.0. The smallest absolute Gasteiger partial charge is 0.234 e. The van der Waals surface area contributed by atoms with E-state index in [9.17, 15) is 4.79 Å². The van der Waals surface area contributed by atoms with Crippen molar-refractivity contribution in [2.45, 2.75) is 5.16 Å². The summed E-state index contributed by atoms with van der Waals surface area (Å²) in [5.41, 5.74) is 1.64. The third-order valence-electron chi connectivity index (χ3n) is 3.04. The number of carbonyl (C=O) groups excluding carboxylic acids is 1. The quantitative estimate of drug-likeness (QED) is 0.447. The molecular weight excluding hydrogens is 459 g/mol. The highest BCUT2D eigenvalue weighted by atomic mass is 127. The van der Waals surface area contributed by atoms with Gasteiger partial charge >= 0.3 is 0 Å². The van der Waals surface area contributed by atoms with Gasteiger partial charge in [-0.25, -0.2) is 0 Å². The number of anilines is 1. The second kappa shape index (κ2) is 8.00. The average molecular weight is 471 g/mol. The molecule has 0 aliphatic heterocycles. The summed E-state index contributed by atoms with van der Waals surface area (Å²) in [5, 5.41) is 12.1. The Hall–Kier alpha value is -1.58. The number of thioether (sulfide) groups is 1. The van der Waals surface area contributed by atoms with Crippen molar-refractivity contribution in [3.63, 3.8) is 0 Å². The highest BCUT2D eigenvalue weighted by molar-refractivity contribution is 14.1. The number of nitrogens with one attached hydrogen (secondary N) is 1. The predicted molar refractivity (Wildman–Crippen MR) is 105 cm³/mol. The van der Waals surface area contributed by atoms with Crippen LogP contribution in [0.25, 0.3) is 5.69 Å². The summed E-state index contributed by atoms with van der Waals surface area (Å²) in [7, 11) is 0. The van der Waals surface area contributed by atoms with Crippen molar-refractivity contribution in [3.05, 3.63) is 63.5 Å². The summed E-state index contributed by atoms with van der Waals surface area (Å²) in [6.07, 6.45) is 1.60. The molecular formula is C16H12ClIN4OS. The molecule has 0 saturated carbocycles. The first-order valence-electron chi connectivity index (χ1n) is 6.96. The predicted octanol–water partition coefficient (Wildman–Crippen LogP) is 4.26. The van der Waals surface area contributed by atoms with Crippen molar-refractivity contribution in [2.75, 3.05) is 11.1 Å². The Balaban J connectivity index is 1.65. The van der Waals surface area contributed by atoms with Crippen molar-refractivity contribution in [1.82, 2.24) is 14.8 Å². The molecule has 0 spiro atoms. The Labute approximate surface area is 162 Å². The number of hydrogen-bond acceptors (Lipinski definition) is 4. The van der Waals surface area contributed by atoms with E-state index in [2.05, 4.69) is 38.1 Å². The zero-order valence-electron chi connectivity index (χ0n) is 12.3. The molecule has 1 N–H and O–H groups in total. The molecule has 1 heterocycles. The summed E-state index contributed by atoms with van der Waals surface area (Å²) >= 11 is 9.54. The van der Waals surface area contributed by atoms with Gasteiger partial charge in [-0.2, -0.15) is 0 Å². The highest BCUT2D eigenvalue weighted by Gasteiger charge is 2.10. The van der Waals surface area contributed by atoms with E-state index in [1.54, 1.807) is 17.0 Å². The molecule has 0 aliphatic carbocycles. The van der Waals surface area contributed by atoms with Crippen LogP contribution >= 0.6 is 46.0 Å². The second-order valence-corrected chi connectivity index (χ2v) is 7.44. The van der Waals surface area contributed by atoms with Crippen molar-refractivity contribution < 1.29 is 4.79 Å². The van der Waals surface area contributed by atoms with Gasteiger partial charge in [0.15, 0.2) is 5.16 Å². The highest BCUT2D eigenvalue weighted by Crippen LogP contribution is 2.22. The molecule has 0 radical (unpaired) electrons.